The molecular weight excluding hydrogens is 312 g/mol. The Balaban J connectivity index is 1.21. The van der Waals surface area contributed by atoms with E-state index in [1.807, 2.05) is 13.8 Å². The lowest BCUT2D eigenvalue weighted by atomic mass is 9.57. The summed E-state index contributed by atoms with van der Waals surface area (Å²) in [6.07, 6.45) is 3.96. The van der Waals surface area contributed by atoms with Crippen LogP contribution in [-0.2, 0) is 4.79 Å². The fraction of sp³-hybridized carbons (Fsp3) is 0.950. The first-order valence-corrected chi connectivity index (χ1v) is 10.4. The number of carbonyl (C=O) groups is 1. The van der Waals surface area contributed by atoms with Crippen molar-refractivity contribution in [3.8, 4) is 0 Å². The smallest absolute Gasteiger partial charge is 0.222 e. The molecule has 1 aliphatic carbocycles. The molecular formula is C20H38N4O. The van der Waals surface area contributed by atoms with Crippen LogP contribution in [0.4, 0.5) is 0 Å². The first-order chi connectivity index (χ1) is 12.0. The Hall–Kier alpha value is -0.650. The van der Waals surface area contributed by atoms with Gasteiger partial charge in [0.1, 0.15) is 0 Å². The topological polar surface area (TPSA) is 38.8 Å². The molecule has 1 amide bonds. The van der Waals surface area contributed by atoms with E-state index in [9.17, 15) is 4.79 Å². The van der Waals surface area contributed by atoms with Crippen molar-refractivity contribution in [3.63, 3.8) is 0 Å². The van der Waals surface area contributed by atoms with Gasteiger partial charge < -0.3 is 20.0 Å². The molecule has 0 aromatic carbocycles. The minimum Gasteiger partial charge on any atom is -0.356 e. The van der Waals surface area contributed by atoms with E-state index in [-0.39, 0.29) is 11.8 Å². The van der Waals surface area contributed by atoms with Crippen molar-refractivity contribution in [2.24, 2.45) is 17.3 Å². The maximum atomic E-state index is 11.6. The second-order valence-electron chi connectivity index (χ2n) is 9.01. The number of rotatable bonds is 8. The fourth-order valence-electron chi connectivity index (χ4n) is 4.92. The summed E-state index contributed by atoms with van der Waals surface area (Å²) in [4.78, 5) is 19.5. The summed E-state index contributed by atoms with van der Waals surface area (Å²) in [7, 11) is 0. The van der Waals surface area contributed by atoms with E-state index in [2.05, 4.69) is 26.9 Å². The molecule has 1 spiro atoms. The zero-order valence-electron chi connectivity index (χ0n) is 16.6. The molecule has 2 aliphatic heterocycles. The van der Waals surface area contributed by atoms with Crippen LogP contribution in [0.2, 0.25) is 0 Å². The van der Waals surface area contributed by atoms with Crippen molar-refractivity contribution in [2.75, 3.05) is 65.4 Å². The third kappa shape index (κ3) is 4.95. The Kier molecular flexibility index (Phi) is 6.39. The lowest BCUT2D eigenvalue weighted by Gasteiger charge is -2.59. The summed E-state index contributed by atoms with van der Waals surface area (Å²) >= 11 is 0. The molecule has 25 heavy (non-hydrogen) atoms. The fourth-order valence-corrected chi connectivity index (χ4v) is 4.92. The normalized spacial score (nSPS) is 25.1. The lowest BCUT2D eigenvalue weighted by Crippen LogP contribution is -2.63. The maximum Gasteiger partial charge on any atom is 0.222 e. The van der Waals surface area contributed by atoms with E-state index >= 15 is 0 Å². The monoisotopic (exact) mass is 350 g/mol. The van der Waals surface area contributed by atoms with Gasteiger partial charge in [0.25, 0.3) is 0 Å². The Morgan fingerprint density at radius 1 is 1.04 bits per heavy atom. The zero-order chi connectivity index (χ0) is 17.9. The Bertz CT molecular complexity index is 431. The van der Waals surface area contributed by atoms with Crippen molar-refractivity contribution >= 4 is 5.91 Å². The van der Waals surface area contributed by atoms with Gasteiger partial charge in [-0.2, -0.15) is 0 Å². The molecule has 0 radical (unpaired) electrons. The number of likely N-dealkylation sites (N-methyl/N-ethyl adjacent to an activating group) is 1. The molecule has 0 unspecified atom stereocenters. The third-order valence-corrected chi connectivity index (χ3v) is 6.51. The highest BCUT2D eigenvalue weighted by molar-refractivity contribution is 5.77. The van der Waals surface area contributed by atoms with Gasteiger partial charge in [-0.1, -0.05) is 20.8 Å². The van der Waals surface area contributed by atoms with Gasteiger partial charge in [0.05, 0.1) is 0 Å². The average molecular weight is 351 g/mol. The van der Waals surface area contributed by atoms with Crippen LogP contribution in [0.5, 0.6) is 0 Å². The number of hydrogen-bond acceptors (Lipinski definition) is 4. The van der Waals surface area contributed by atoms with Crippen LogP contribution in [0.25, 0.3) is 0 Å². The zero-order valence-corrected chi connectivity index (χ0v) is 16.6. The minimum absolute atomic E-state index is 0.109. The third-order valence-electron chi connectivity index (χ3n) is 6.51. The van der Waals surface area contributed by atoms with Crippen LogP contribution in [0.15, 0.2) is 0 Å². The molecule has 5 nitrogen and oxygen atoms in total. The predicted octanol–water partition coefficient (Wildman–Crippen LogP) is 1.50. The molecule has 0 atom stereocenters. The number of nitrogens with one attached hydrogen (secondary N) is 1. The molecule has 2 saturated heterocycles. The highest BCUT2D eigenvalue weighted by atomic mass is 16.1. The van der Waals surface area contributed by atoms with Crippen LogP contribution in [0.1, 0.15) is 40.0 Å². The van der Waals surface area contributed by atoms with Crippen LogP contribution >= 0.6 is 0 Å². The molecule has 144 valence electrons. The SMILES string of the molecule is CCN1CCN(CCCN2CC3(CC(CNC(=O)C(C)C)C3)C2)CC1. The molecule has 3 aliphatic rings. The summed E-state index contributed by atoms with van der Waals surface area (Å²) in [6.45, 7) is 18.4. The minimum atomic E-state index is 0.109. The van der Waals surface area contributed by atoms with Crippen LogP contribution in [-0.4, -0.2) is 86.1 Å². The number of carbonyl (C=O) groups excluding carboxylic acids is 1. The number of nitrogens with zero attached hydrogens (tertiary/aromatic N) is 3. The number of hydrogen-bond donors (Lipinski definition) is 1. The van der Waals surface area contributed by atoms with Crippen LogP contribution < -0.4 is 5.32 Å². The molecule has 0 aromatic heterocycles. The van der Waals surface area contributed by atoms with Crippen LogP contribution in [0.3, 0.4) is 0 Å². The Labute approximate surface area is 154 Å². The van der Waals surface area contributed by atoms with Crippen molar-refractivity contribution in [1.82, 2.24) is 20.0 Å². The van der Waals surface area contributed by atoms with E-state index < -0.39 is 0 Å². The highest BCUT2D eigenvalue weighted by Crippen LogP contribution is 2.51. The molecule has 1 saturated carbocycles. The van der Waals surface area contributed by atoms with Crippen molar-refractivity contribution < 1.29 is 4.79 Å². The van der Waals surface area contributed by atoms with Gasteiger partial charge in [-0.15, -0.1) is 0 Å². The summed E-state index contributed by atoms with van der Waals surface area (Å²) < 4.78 is 0. The van der Waals surface area contributed by atoms with E-state index in [0.717, 1.165) is 12.5 Å². The van der Waals surface area contributed by atoms with Gasteiger partial charge in [-0.3, -0.25) is 4.79 Å². The highest BCUT2D eigenvalue weighted by Gasteiger charge is 2.51. The summed E-state index contributed by atoms with van der Waals surface area (Å²) in [5, 5.41) is 3.10. The second kappa shape index (κ2) is 8.36. The quantitative estimate of drug-likeness (QED) is 0.720. The first-order valence-electron chi connectivity index (χ1n) is 10.4. The molecule has 3 fully saturated rings. The number of likely N-dealkylation sites (tertiary alicyclic amines) is 1. The molecule has 5 heteroatoms. The summed E-state index contributed by atoms with van der Waals surface area (Å²) in [5.41, 5.74) is 0.611. The largest absolute Gasteiger partial charge is 0.356 e. The first kappa shape index (κ1) is 19.1. The summed E-state index contributed by atoms with van der Waals surface area (Å²) in [6, 6.07) is 0. The van der Waals surface area contributed by atoms with E-state index in [4.69, 9.17) is 0 Å². The summed E-state index contributed by atoms with van der Waals surface area (Å²) in [5.74, 6) is 1.04. The van der Waals surface area contributed by atoms with Gasteiger partial charge in [0, 0.05) is 51.7 Å². The Morgan fingerprint density at radius 2 is 1.64 bits per heavy atom. The van der Waals surface area contributed by atoms with Gasteiger partial charge in [0.15, 0.2) is 0 Å². The van der Waals surface area contributed by atoms with Gasteiger partial charge in [-0.05, 0) is 50.2 Å². The number of piperazine rings is 1. The average Bonchev–Trinajstić information content (AvgIpc) is 2.54. The van der Waals surface area contributed by atoms with Gasteiger partial charge >= 0.3 is 0 Å². The van der Waals surface area contributed by atoms with Crippen molar-refractivity contribution in [1.29, 1.82) is 0 Å². The molecule has 2 heterocycles. The van der Waals surface area contributed by atoms with E-state index in [1.165, 1.54) is 78.2 Å². The van der Waals surface area contributed by atoms with Crippen molar-refractivity contribution in [3.05, 3.63) is 0 Å². The lowest BCUT2D eigenvalue weighted by molar-refractivity contribution is -0.126. The van der Waals surface area contributed by atoms with E-state index in [1.54, 1.807) is 0 Å². The predicted molar refractivity (Wildman–Crippen MR) is 103 cm³/mol. The van der Waals surface area contributed by atoms with Crippen molar-refractivity contribution in [2.45, 2.75) is 40.0 Å². The molecule has 0 bridgehead atoms. The standard InChI is InChI=1S/C20H38N4O/c1-4-22-8-10-23(11-9-22)6-5-7-24-15-20(16-24)12-18(13-20)14-21-19(25)17(2)3/h17-18H,4-16H2,1-3H3,(H,21,25). The van der Waals surface area contributed by atoms with E-state index in [0.29, 0.717) is 5.41 Å². The molecule has 1 N–H and O–H groups in total. The second-order valence-corrected chi connectivity index (χ2v) is 9.01. The van der Waals surface area contributed by atoms with Gasteiger partial charge in [-0.25, -0.2) is 0 Å². The number of amides is 1. The van der Waals surface area contributed by atoms with Gasteiger partial charge in [0.2, 0.25) is 5.91 Å². The Morgan fingerprint density at radius 3 is 2.24 bits per heavy atom. The maximum absolute atomic E-state index is 11.6. The molecule has 0 aromatic rings. The molecule has 3 rings (SSSR count). The van der Waals surface area contributed by atoms with Crippen LogP contribution in [0, 0.1) is 17.3 Å².